The molecule has 94 valence electrons. The van der Waals surface area contributed by atoms with Crippen molar-refractivity contribution in [3.05, 3.63) is 29.8 Å². The number of ether oxygens (including phenoxy) is 2. The summed E-state index contributed by atoms with van der Waals surface area (Å²) in [5.74, 6) is -0.261. The van der Waals surface area contributed by atoms with E-state index in [9.17, 15) is 4.79 Å². The minimum Gasteiger partial charge on any atom is -0.463 e. The number of hydrogen-bond acceptors (Lipinski definition) is 4. The number of benzene rings is 1. The van der Waals surface area contributed by atoms with E-state index < -0.39 is 0 Å². The highest BCUT2D eigenvalue weighted by Gasteiger charge is 2.05. The molecule has 0 saturated carbocycles. The molecule has 4 heteroatoms. The maximum atomic E-state index is 11.4. The number of hydrogen-bond donors (Lipinski definition) is 1. The van der Waals surface area contributed by atoms with Crippen LogP contribution in [-0.2, 0) is 20.7 Å². The minimum atomic E-state index is -0.261. The topological polar surface area (TPSA) is 61.5 Å². The summed E-state index contributed by atoms with van der Waals surface area (Å²) in [5, 5.41) is 0. The summed E-state index contributed by atoms with van der Waals surface area (Å²) >= 11 is 0. The third-order valence-corrected chi connectivity index (χ3v) is 2.10. The third-order valence-electron chi connectivity index (χ3n) is 2.10. The van der Waals surface area contributed by atoms with Gasteiger partial charge in [-0.3, -0.25) is 4.79 Å². The summed E-state index contributed by atoms with van der Waals surface area (Å²) in [6.45, 7) is 4.60. The van der Waals surface area contributed by atoms with Crippen molar-refractivity contribution in [2.45, 2.75) is 26.4 Å². The largest absolute Gasteiger partial charge is 0.463 e. The van der Waals surface area contributed by atoms with E-state index in [1.165, 1.54) is 0 Å². The zero-order valence-electron chi connectivity index (χ0n) is 10.3. The summed E-state index contributed by atoms with van der Waals surface area (Å²) in [4.78, 5) is 11.4. The Morgan fingerprint density at radius 2 is 2.12 bits per heavy atom. The van der Waals surface area contributed by atoms with Gasteiger partial charge in [0.1, 0.15) is 6.61 Å². The maximum Gasteiger partial charge on any atom is 0.310 e. The van der Waals surface area contributed by atoms with Gasteiger partial charge in [-0.05, 0) is 31.5 Å². The summed E-state index contributed by atoms with van der Waals surface area (Å²) in [5.41, 5.74) is 7.13. The first-order chi connectivity index (χ1) is 8.08. The van der Waals surface area contributed by atoms with E-state index in [1.807, 2.05) is 26.0 Å². The van der Waals surface area contributed by atoms with E-state index in [0.29, 0.717) is 18.9 Å². The van der Waals surface area contributed by atoms with Crippen molar-refractivity contribution in [1.82, 2.24) is 0 Å². The first-order valence-corrected chi connectivity index (χ1v) is 5.69. The van der Waals surface area contributed by atoms with Crippen LogP contribution >= 0.6 is 0 Å². The van der Waals surface area contributed by atoms with Crippen molar-refractivity contribution in [3.63, 3.8) is 0 Å². The number of carbonyl (C=O) groups excluding carboxylic acids is 1. The molecule has 1 rings (SSSR count). The van der Waals surface area contributed by atoms with Crippen molar-refractivity contribution in [2.75, 3.05) is 18.9 Å². The molecule has 0 aliphatic rings. The average Bonchev–Trinajstić information content (AvgIpc) is 2.24. The van der Waals surface area contributed by atoms with E-state index in [2.05, 4.69) is 0 Å². The van der Waals surface area contributed by atoms with E-state index in [4.69, 9.17) is 15.2 Å². The van der Waals surface area contributed by atoms with Gasteiger partial charge in [-0.1, -0.05) is 12.1 Å². The van der Waals surface area contributed by atoms with Gasteiger partial charge in [0.05, 0.1) is 19.1 Å². The Morgan fingerprint density at radius 3 is 2.76 bits per heavy atom. The monoisotopic (exact) mass is 237 g/mol. The quantitative estimate of drug-likeness (QED) is 0.465. The predicted octanol–water partition coefficient (Wildman–Crippen LogP) is 1.78. The van der Waals surface area contributed by atoms with Gasteiger partial charge < -0.3 is 15.2 Å². The van der Waals surface area contributed by atoms with E-state index in [-0.39, 0.29) is 18.5 Å². The Kier molecular flexibility index (Phi) is 5.49. The van der Waals surface area contributed by atoms with Gasteiger partial charge in [-0.25, -0.2) is 0 Å². The van der Waals surface area contributed by atoms with Crippen LogP contribution in [0.25, 0.3) is 0 Å². The van der Waals surface area contributed by atoms with E-state index in [1.54, 1.807) is 12.1 Å². The number of carbonyl (C=O) groups is 1. The zero-order chi connectivity index (χ0) is 12.7. The standard InChI is InChI=1S/C13H19NO3/c1-10(2)16-6-7-17-13(15)9-11-4-3-5-12(14)8-11/h3-5,8,10H,6-7,9,14H2,1-2H3. The lowest BCUT2D eigenvalue weighted by Gasteiger charge is -2.08. The second-order valence-electron chi connectivity index (χ2n) is 4.06. The Hall–Kier alpha value is -1.55. The van der Waals surface area contributed by atoms with Gasteiger partial charge in [0, 0.05) is 5.69 Å². The summed E-state index contributed by atoms with van der Waals surface area (Å²) in [6, 6.07) is 7.22. The highest BCUT2D eigenvalue weighted by atomic mass is 16.6. The highest BCUT2D eigenvalue weighted by molar-refractivity contribution is 5.72. The van der Waals surface area contributed by atoms with Crippen molar-refractivity contribution < 1.29 is 14.3 Å². The summed E-state index contributed by atoms with van der Waals surface area (Å²) in [6.07, 6.45) is 0.398. The van der Waals surface area contributed by atoms with Crippen molar-refractivity contribution in [1.29, 1.82) is 0 Å². The van der Waals surface area contributed by atoms with E-state index in [0.717, 1.165) is 5.56 Å². The molecule has 0 saturated heterocycles. The van der Waals surface area contributed by atoms with Gasteiger partial charge in [0.25, 0.3) is 0 Å². The lowest BCUT2D eigenvalue weighted by atomic mass is 10.1. The van der Waals surface area contributed by atoms with Crippen LogP contribution in [0.5, 0.6) is 0 Å². The minimum absolute atomic E-state index is 0.155. The first kappa shape index (κ1) is 13.5. The molecule has 0 amide bonds. The molecular formula is C13H19NO3. The number of rotatable bonds is 6. The lowest BCUT2D eigenvalue weighted by molar-refractivity contribution is -0.144. The molecule has 0 radical (unpaired) electrons. The molecule has 0 fully saturated rings. The zero-order valence-corrected chi connectivity index (χ0v) is 10.3. The van der Waals surface area contributed by atoms with Crippen molar-refractivity contribution in [2.24, 2.45) is 0 Å². The molecule has 2 N–H and O–H groups in total. The number of esters is 1. The van der Waals surface area contributed by atoms with Crippen LogP contribution < -0.4 is 5.73 Å². The maximum absolute atomic E-state index is 11.4. The molecule has 0 spiro atoms. The van der Waals surface area contributed by atoms with Crippen molar-refractivity contribution >= 4 is 11.7 Å². The van der Waals surface area contributed by atoms with Crippen LogP contribution in [0, 0.1) is 0 Å². The van der Waals surface area contributed by atoms with Crippen LogP contribution in [0.1, 0.15) is 19.4 Å². The molecule has 0 aliphatic heterocycles. The molecule has 0 bridgehead atoms. The fourth-order valence-corrected chi connectivity index (χ4v) is 1.36. The van der Waals surface area contributed by atoms with Crippen LogP contribution in [-0.4, -0.2) is 25.3 Å². The van der Waals surface area contributed by atoms with Crippen molar-refractivity contribution in [3.8, 4) is 0 Å². The Balaban J connectivity index is 2.25. The van der Waals surface area contributed by atoms with E-state index >= 15 is 0 Å². The van der Waals surface area contributed by atoms with Gasteiger partial charge >= 0.3 is 5.97 Å². The molecule has 0 aromatic heterocycles. The Bertz CT molecular complexity index is 363. The molecule has 0 aliphatic carbocycles. The Labute approximate surface area is 102 Å². The number of nitrogens with two attached hydrogens (primary N) is 1. The molecule has 1 aromatic rings. The SMILES string of the molecule is CC(C)OCCOC(=O)Cc1cccc(N)c1. The second-order valence-corrected chi connectivity index (χ2v) is 4.06. The lowest BCUT2D eigenvalue weighted by Crippen LogP contribution is -2.14. The summed E-state index contributed by atoms with van der Waals surface area (Å²) in [7, 11) is 0. The molecule has 4 nitrogen and oxygen atoms in total. The van der Waals surface area contributed by atoms with Gasteiger partial charge in [0.2, 0.25) is 0 Å². The van der Waals surface area contributed by atoms with Gasteiger partial charge in [-0.2, -0.15) is 0 Å². The number of anilines is 1. The van der Waals surface area contributed by atoms with Gasteiger partial charge in [0.15, 0.2) is 0 Å². The molecule has 1 aromatic carbocycles. The smallest absolute Gasteiger partial charge is 0.310 e. The molecular weight excluding hydrogens is 218 g/mol. The fourth-order valence-electron chi connectivity index (χ4n) is 1.36. The predicted molar refractivity (Wildman–Crippen MR) is 66.6 cm³/mol. The van der Waals surface area contributed by atoms with Crippen LogP contribution in [0.3, 0.4) is 0 Å². The number of nitrogen functional groups attached to an aromatic ring is 1. The van der Waals surface area contributed by atoms with Crippen LogP contribution in [0.15, 0.2) is 24.3 Å². The normalized spacial score (nSPS) is 10.5. The molecule has 0 unspecified atom stereocenters. The highest BCUT2D eigenvalue weighted by Crippen LogP contribution is 2.07. The van der Waals surface area contributed by atoms with Crippen LogP contribution in [0.4, 0.5) is 5.69 Å². The fraction of sp³-hybridized carbons (Fsp3) is 0.462. The molecule has 0 heterocycles. The average molecular weight is 237 g/mol. The summed E-state index contributed by atoms with van der Waals surface area (Å²) < 4.78 is 10.3. The molecule has 0 atom stereocenters. The van der Waals surface area contributed by atoms with Gasteiger partial charge in [-0.15, -0.1) is 0 Å². The second kappa shape index (κ2) is 6.91. The first-order valence-electron chi connectivity index (χ1n) is 5.69. The Morgan fingerprint density at radius 1 is 1.35 bits per heavy atom. The molecule has 17 heavy (non-hydrogen) atoms. The third kappa shape index (κ3) is 5.92. The van der Waals surface area contributed by atoms with Crippen LogP contribution in [0.2, 0.25) is 0 Å².